The summed E-state index contributed by atoms with van der Waals surface area (Å²) >= 11 is 0. The third-order valence-electron chi connectivity index (χ3n) is 4.01. The first-order valence-electron chi connectivity index (χ1n) is 7.88. The van der Waals surface area contributed by atoms with Crippen molar-refractivity contribution in [2.75, 3.05) is 32.8 Å². The van der Waals surface area contributed by atoms with Crippen LogP contribution >= 0.6 is 0 Å². The number of hydrogen-bond donors (Lipinski definition) is 2. The molecule has 1 fully saturated rings. The lowest BCUT2D eigenvalue weighted by molar-refractivity contribution is 0.141. The lowest BCUT2D eigenvalue weighted by Crippen LogP contribution is -2.45. The maximum Gasteiger partial charge on any atom is 0.0558 e. The Labute approximate surface area is 113 Å². The first-order chi connectivity index (χ1) is 8.81. The van der Waals surface area contributed by atoms with E-state index in [-0.39, 0.29) is 0 Å². The van der Waals surface area contributed by atoms with Gasteiger partial charge in [-0.15, -0.1) is 0 Å². The lowest BCUT2D eigenvalue weighted by atomic mass is 9.84. The lowest BCUT2D eigenvalue weighted by Gasteiger charge is -2.36. The molecule has 0 saturated heterocycles. The van der Waals surface area contributed by atoms with Crippen LogP contribution in [0.25, 0.3) is 0 Å². The zero-order chi connectivity index (χ0) is 13.2. The van der Waals surface area contributed by atoms with Crippen molar-refractivity contribution in [3.63, 3.8) is 0 Å². The van der Waals surface area contributed by atoms with Crippen molar-refractivity contribution >= 4 is 0 Å². The van der Waals surface area contributed by atoms with Crippen LogP contribution in [0.2, 0.25) is 0 Å². The molecule has 2 N–H and O–H groups in total. The van der Waals surface area contributed by atoms with Gasteiger partial charge in [0.05, 0.1) is 6.61 Å². The van der Waals surface area contributed by atoms with Crippen LogP contribution in [-0.2, 0) is 0 Å². The highest BCUT2D eigenvalue weighted by molar-refractivity contribution is 4.83. The van der Waals surface area contributed by atoms with E-state index in [1.165, 1.54) is 38.5 Å². The molecule has 0 aliphatic heterocycles. The second-order valence-corrected chi connectivity index (χ2v) is 5.63. The molecule has 0 amide bonds. The van der Waals surface area contributed by atoms with E-state index in [2.05, 4.69) is 24.1 Å². The molecule has 3 nitrogen and oxygen atoms in total. The van der Waals surface area contributed by atoms with Crippen LogP contribution in [0.15, 0.2) is 0 Å². The summed E-state index contributed by atoms with van der Waals surface area (Å²) in [5.74, 6) is 0.781. The van der Waals surface area contributed by atoms with Gasteiger partial charge < -0.3 is 15.3 Å². The molecule has 2 unspecified atom stereocenters. The van der Waals surface area contributed by atoms with E-state index in [4.69, 9.17) is 5.11 Å². The molecule has 0 aromatic carbocycles. The SMILES string of the molecule is CCCNC1CCCCC1CN(CCC)CCO. The Morgan fingerprint density at radius 2 is 1.89 bits per heavy atom. The van der Waals surface area contributed by atoms with Crippen molar-refractivity contribution in [2.24, 2.45) is 5.92 Å². The maximum absolute atomic E-state index is 9.14. The first-order valence-corrected chi connectivity index (χ1v) is 7.88. The van der Waals surface area contributed by atoms with Crippen molar-refractivity contribution in [3.05, 3.63) is 0 Å². The summed E-state index contributed by atoms with van der Waals surface area (Å²) in [5, 5.41) is 12.9. The second-order valence-electron chi connectivity index (χ2n) is 5.63. The number of aliphatic hydroxyl groups is 1. The van der Waals surface area contributed by atoms with Crippen molar-refractivity contribution in [1.29, 1.82) is 0 Å². The summed E-state index contributed by atoms with van der Waals surface area (Å²) < 4.78 is 0. The van der Waals surface area contributed by atoms with E-state index in [1.54, 1.807) is 0 Å². The second kappa shape index (κ2) is 9.76. The van der Waals surface area contributed by atoms with Crippen molar-refractivity contribution in [1.82, 2.24) is 10.2 Å². The van der Waals surface area contributed by atoms with Crippen LogP contribution in [-0.4, -0.2) is 48.8 Å². The number of nitrogens with zero attached hydrogens (tertiary/aromatic N) is 1. The molecule has 0 aromatic heterocycles. The third-order valence-corrected chi connectivity index (χ3v) is 4.01. The molecule has 1 saturated carbocycles. The first kappa shape index (κ1) is 15.9. The van der Waals surface area contributed by atoms with Crippen molar-refractivity contribution in [3.8, 4) is 0 Å². The van der Waals surface area contributed by atoms with Crippen LogP contribution in [0.1, 0.15) is 52.4 Å². The van der Waals surface area contributed by atoms with Gasteiger partial charge in [-0.1, -0.05) is 26.7 Å². The maximum atomic E-state index is 9.14. The molecule has 18 heavy (non-hydrogen) atoms. The van der Waals surface area contributed by atoms with Gasteiger partial charge in [0.1, 0.15) is 0 Å². The molecular weight excluding hydrogens is 224 g/mol. The fourth-order valence-electron chi connectivity index (χ4n) is 3.11. The fourth-order valence-corrected chi connectivity index (χ4v) is 3.11. The minimum atomic E-state index is 0.291. The summed E-state index contributed by atoms with van der Waals surface area (Å²) in [7, 11) is 0. The van der Waals surface area contributed by atoms with Gasteiger partial charge in [0.15, 0.2) is 0 Å². The van der Waals surface area contributed by atoms with Crippen LogP contribution in [0.5, 0.6) is 0 Å². The molecule has 1 rings (SSSR count). The van der Waals surface area contributed by atoms with Gasteiger partial charge in [-0.2, -0.15) is 0 Å². The number of hydrogen-bond acceptors (Lipinski definition) is 3. The Bertz CT molecular complexity index is 193. The minimum Gasteiger partial charge on any atom is -0.395 e. The molecule has 1 aliphatic carbocycles. The predicted molar refractivity (Wildman–Crippen MR) is 77.9 cm³/mol. The summed E-state index contributed by atoms with van der Waals surface area (Å²) in [4.78, 5) is 2.44. The van der Waals surface area contributed by atoms with Crippen LogP contribution in [0.3, 0.4) is 0 Å². The standard InChI is InChI=1S/C15H32N2O/c1-3-9-16-15-8-6-5-7-14(15)13-17(10-4-2)11-12-18/h14-16,18H,3-13H2,1-2H3. The van der Waals surface area contributed by atoms with E-state index < -0.39 is 0 Å². The average molecular weight is 256 g/mol. The molecule has 0 heterocycles. The Kier molecular flexibility index (Phi) is 8.64. The minimum absolute atomic E-state index is 0.291. The Hall–Kier alpha value is -0.120. The van der Waals surface area contributed by atoms with Crippen molar-refractivity contribution < 1.29 is 5.11 Å². The van der Waals surface area contributed by atoms with E-state index in [1.807, 2.05) is 0 Å². The third kappa shape index (κ3) is 5.68. The molecule has 108 valence electrons. The Balaban J connectivity index is 2.42. The highest BCUT2D eigenvalue weighted by Crippen LogP contribution is 2.25. The number of aliphatic hydroxyl groups excluding tert-OH is 1. The quantitative estimate of drug-likeness (QED) is 0.664. The zero-order valence-corrected chi connectivity index (χ0v) is 12.3. The number of rotatable bonds is 9. The zero-order valence-electron chi connectivity index (χ0n) is 12.3. The summed E-state index contributed by atoms with van der Waals surface area (Å²) in [5.41, 5.74) is 0. The highest BCUT2D eigenvalue weighted by atomic mass is 16.3. The number of nitrogens with one attached hydrogen (secondary N) is 1. The monoisotopic (exact) mass is 256 g/mol. The van der Waals surface area contributed by atoms with E-state index in [9.17, 15) is 0 Å². The summed E-state index contributed by atoms with van der Waals surface area (Å²) in [6, 6.07) is 0.705. The Morgan fingerprint density at radius 3 is 2.56 bits per heavy atom. The fraction of sp³-hybridized carbons (Fsp3) is 1.00. The molecule has 1 aliphatic rings. The van der Waals surface area contributed by atoms with Gasteiger partial charge in [-0.05, 0) is 44.7 Å². The van der Waals surface area contributed by atoms with Crippen LogP contribution in [0, 0.1) is 5.92 Å². The van der Waals surface area contributed by atoms with E-state index in [0.29, 0.717) is 12.6 Å². The molecule has 0 aromatic rings. The van der Waals surface area contributed by atoms with Gasteiger partial charge >= 0.3 is 0 Å². The normalized spacial score (nSPS) is 24.7. The smallest absolute Gasteiger partial charge is 0.0558 e. The summed E-state index contributed by atoms with van der Waals surface area (Å²) in [6.07, 6.45) is 7.86. The highest BCUT2D eigenvalue weighted by Gasteiger charge is 2.25. The van der Waals surface area contributed by atoms with Gasteiger partial charge in [-0.25, -0.2) is 0 Å². The van der Waals surface area contributed by atoms with E-state index in [0.717, 1.165) is 32.1 Å². The average Bonchev–Trinajstić information content (AvgIpc) is 2.38. The predicted octanol–water partition coefficient (Wildman–Crippen LogP) is 2.25. The topological polar surface area (TPSA) is 35.5 Å². The molecule has 3 heteroatoms. The van der Waals surface area contributed by atoms with Crippen molar-refractivity contribution in [2.45, 2.75) is 58.4 Å². The molecular formula is C15H32N2O. The molecule has 0 bridgehead atoms. The van der Waals surface area contributed by atoms with Gasteiger partial charge in [0, 0.05) is 19.1 Å². The van der Waals surface area contributed by atoms with Gasteiger partial charge in [0.2, 0.25) is 0 Å². The summed E-state index contributed by atoms with van der Waals surface area (Å²) in [6.45, 7) is 9.02. The van der Waals surface area contributed by atoms with Crippen LogP contribution in [0.4, 0.5) is 0 Å². The molecule has 0 radical (unpaired) electrons. The molecule has 2 atom stereocenters. The van der Waals surface area contributed by atoms with E-state index >= 15 is 0 Å². The molecule has 0 spiro atoms. The van der Waals surface area contributed by atoms with Gasteiger partial charge in [0.25, 0.3) is 0 Å². The Morgan fingerprint density at radius 1 is 1.11 bits per heavy atom. The van der Waals surface area contributed by atoms with Crippen LogP contribution < -0.4 is 5.32 Å². The largest absolute Gasteiger partial charge is 0.395 e. The van der Waals surface area contributed by atoms with Gasteiger partial charge in [-0.3, -0.25) is 0 Å².